The molecule has 0 spiro atoms. The molecular formula is C65H120O6. The number of unbranched alkanes of at least 4 members (excludes halogenated alkanes) is 41. The number of ether oxygens (including phenoxy) is 3. The van der Waals surface area contributed by atoms with Gasteiger partial charge < -0.3 is 14.2 Å². The van der Waals surface area contributed by atoms with Crippen LogP contribution in [-0.4, -0.2) is 37.2 Å². The van der Waals surface area contributed by atoms with Crippen LogP contribution in [0.15, 0.2) is 36.5 Å². The van der Waals surface area contributed by atoms with E-state index in [1.165, 1.54) is 218 Å². The normalized spacial score (nSPS) is 12.2. The number of carbonyl (C=O) groups is 3. The third-order valence-corrected chi connectivity index (χ3v) is 14.2. The first kappa shape index (κ1) is 68.6. The lowest BCUT2D eigenvalue weighted by Gasteiger charge is -2.18. The van der Waals surface area contributed by atoms with Crippen LogP contribution >= 0.6 is 0 Å². The van der Waals surface area contributed by atoms with Gasteiger partial charge >= 0.3 is 17.9 Å². The van der Waals surface area contributed by atoms with Crippen molar-refractivity contribution in [3.8, 4) is 0 Å². The number of hydrogen-bond donors (Lipinski definition) is 0. The molecule has 0 aliphatic rings. The van der Waals surface area contributed by atoms with Gasteiger partial charge in [0.25, 0.3) is 0 Å². The Bertz CT molecular complexity index is 1190. The fourth-order valence-electron chi connectivity index (χ4n) is 9.46. The van der Waals surface area contributed by atoms with Crippen molar-refractivity contribution in [1.29, 1.82) is 0 Å². The summed E-state index contributed by atoms with van der Waals surface area (Å²) in [6, 6.07) is 0. The van der Waals surface area contributed by atoms with Crippen LogP contribution in [0.3, 0.4) is 0 Å². The fourth-order valence-corrected chi connectivity index (χ4v) is 9.46. The van der Waals surface area contributed by atoms with Crippen molar-refractivity contribution in [2.75, 3.05) is 13.2 Å². The van der Waals surface area contributed by atoms with Gasteiger partial charge in [0.1, 0.15) is 13.2 Å². The van der Waals surface area contributed by atoms with Crippen molar-refractivity contribution < 1.29 is 28.6 Å². The highest BCUT2D eigenvalue weighted by Gasteiger charge is 2.19. The first-order valence-corrected chi connectivity index (χ1v) is 31.5. The lowest BCUT2D eigenvalue weighted by molar-refractivity contribution is -0.167. The van der Waals surface area contributed by atoms with Crippen LogP contribution in [0.4, 0.5) is 0 Å². The number of hydrogen-bond acceptors (Lipinski definition) is 6. The number of rotatable bonds is 58. The van der Waals surface area contributed by atoms with Gasteiger partial charge in [0.2, 0.25) is 0 Å². The predicted molar refractivity (Wildman–Crippen MR) is 307 cm³/mol. The summed E-state index contributed by atoms with van der Waals surface area (Å²) in [4.78, 5) is 38.2. The minimum absolute atomic E-state index is 0.0761. The highest BCUT2D eigenvalue weighted by molar-refractivity contribution is 5.71. The highest BCUT2D eigenvalue weighted by atomic mass is 16.6. The minimum atomic E-state index is -0.780. The number of carbonyl (C=O) groups excluding carboxylic acids is 3. The van der Waals surface area contributed by atoms with E-state index in [4.69, 9.17) is 14.2 Å². The summed E-state index contributed by atoms with van der Waals surface area (Å²) in [5.41, 5.74) is 0. The van der Waals surface area contributed by atoms with Gasteiger partial charge in [-0.05, 0) is 51.4 Å². The second-order valence-corrected chi connectivity index (χ2v) is 21.3. The monoisotopic (exact) mass is 997 g/mol. The van der Waals surface area contributed by atoms with Crippen LogP contribution in [0.5, 0.6) is 0 Å². The molecule has 416 valence electrons. The lowest BCUT2D eigenvalue weighted by atomic mass is 10.0. The predicted octanol–water partition coefficient (Wildman–Crippen LogP) is 21.2. The molecule has 0 radical (unpaired) electrons. The Labute approximate surface area is 442 Å². The summed E-state index contributed by atoms with van der Waals surface area (Å²) in [5, 5.41) is 0. The summed E-state index contributed by atoms with van der Waals surface area (Å²) >= 11 is 0. The van der Waals surface area contributed by atoms with Crippen molar-refractivity contribution in [1.82, 2.24) is 0 Å². The summed E-state index contributed by atoms with van der Waals surface area (Å²) in [6.07, 6.45) is 73.0. The average molecular weight is 998 g/mol. The Kier molecular flexibility index (Phi) is 58.2. The SMILES string of the molecule is CC/C=C\C/C=C\C/C=C\CCCCCC(=O)OCC(COC(=O)CCCCCCCCCCCCCCCCCCCCCCCC)OC(=O)CCCCCCCCCCCCCCCCCCCC. The molecule has 0 aromatic carbocycles. The molecule has 0 saturated carbocycles. The first-order chi connectivity index (χ1) is 35.0. The molecule has 0 aromatic heterocycles. The van der Waals surface area contributed by atoms with Gasteiger partial charge in [-0.25, -0.2) is 0 Å². The molecule has 0 bridgehead atoms. The molecule has 0 aliphatic carbocycles. The molecule has 0 rings (SSSR count). The third kappa shape index (κ3) is 58.4. The largest absolute Gasteiger partial charge is 0.462 e. The van der Waals surface area contributed by atoms with Crippen LogP contribution in [0.25, 0.3) is 0 Å². The molecular weight excluding hydrogens is 877 g/mol. The van der Waals surface area contributed by atoms with E-state index in [9.17, 15) is 14.4 Å². The maximum atomic E-state index is 12.9. The number of esters is 3. The van der Waals surface area contributed by atoms with Crippen LogP contribution in [-0.2, 0) is 28.6 Å². The van der Waals surface area contributed by atoms with Gasteiger partial charge in [-0.15, -0.1) is 0 Å². The van der Waals surface area contributed by atoms with Crippen LogP contribution in [0, 0.1) is 0 Å². The first-order valence-electron chi connectivity index (χ1n) is 31.5. The van der Waals surface area contributed by atoms with E-state index in [1.54, 1.807) is 0 Å². The van der Waals surface area contributed by atoms with E-state index < -0.39 is 6.10 Å². The molecule has 0 amide bonds. The maximum absolute atomic E-state index is 12.9. The molecule has 6 nitrogen and oxygen atoms in total. The van der Waals surface area contributed by atoms with Gasteiger partial charge in [0, 0.05) is 19.3 Å². The molecule has 1 atom stereocenters. The second kappa shape index (κ2) is 60.2. The summed E-state index contributed by atoms with van der Waals surface area (Å²) in [5.74, 6) is -0.883. The van der Waals surface area contributed by atoms with E-state index in [0.717, 1.165) is 83.5 Å². The molecule has 0 N–H and O–H groups in total. The molecule has 1 unspecified atom stereocenters. The summed E-state index contributed by atoms with van der Waals surface area (Å²) in [7, 11) is 0. The van der Waals surface area contributed by atoms with E-state index in [-0.39, 0.29) is 31.1 Å². The van der Waals surface area contributed by atoms with Crippen LogP contribution in [0.2, 0.25) is 0 Å². The topological polar surface area (TPSA) is 78.9 Å². The molecule has 0 aromatic rings. The molecule has 0 saturated heterocycles. The standard InChI is InChI=1S/C65H120O6/c1-4-7-10-13-16-19-22-25-27-29-31-32-33-34-36-37-40-43-46-49-52-55-58-64(67)70-61-62(60-69-63(66)57-54-51-48-45-42-39-24-21-18-15-12-9-6-3)71-65(68)59-56-53-50-47-44-41-38-35-30-28-26-23-20-17-14-11-8-5-2/h9,12,18,21,39,42,62H,4-8,10-11,13-17,19-20,22-38,40-41,43-61H2,1-3H3/b12-9-,21-18-,42-39-. The van der Waals surface area contributed by atoms with Crippen molar-refractivity contribution in [3.05, 3.63) is 36.5 Å². The molecule has 6 heteroatoms. The Morgan fingerprint density at radius 3 is 0.859 bits per heavy atom. The van der Waals surface area contributed by atoms with E-state index in [1.807, 2.05) is 0 Å². The van der Waals surface area contributed by atoms with E-state index in [2.05, 4.69) is 57.2 Å². The van der Waals surface area contributed by atoms with Crippen molar-refractivity contribution in [2.24, 2.45) is 0 Å². The minimum Gasteiger partial charge on any atom is -0.462 e. The maximum Gasteiger partial charge on any atom is 0.306 e. The Morgan fingerprint density at radius 2 is 0.549 bits per heavy atom. The van der Waals surface area contributed by atoms with Gasteiger partial charge in [0.05, 0.1) is 0 Å². The zero-order chi connectivity index (χ0) is 51.4. The zero-order valence-electron chi connectivity index (χ0n) is 47.8. The molecule has 0 aliphatic heterocycles. The quantitative estimate of drug-likeness (QED) is 0.0261. The van der Waals surface area contributed by atoms with E-state index >= 15 is 0 Å². The molecule has 0 fully saturated rings. The Balaban J connectivity index is 4.27. The van der Waals surface area contributed by atoms with Crippen LogP contribution < -0.4 is 0 Å². The lowest BCUT2D eigenvalue weighted by Crippen LogP contribution is -2.30. The average Bonchev–Trinajstić information content (AvgIpc) is 3.37. The van der Waals surface area contributed by atoms with Gasteiger partial charge in [0.15, 0.2) is 6.10 Å². The summed E-state index contributed by atoms with van der Waals surface area (Å²) < 4.78 is 16.9. The Hall–Kier alpha value is -2.37. The van der Waals surface area contributed by atoms with Crippen molar-refractivity contribution >= 4 is 17.9 Å². The summed E-state index contributed by atoms with van der Waals surface area (Å²) in [6.45, 7) is 6.56. The smallest absolute Gasteiger partial charge is 0.306 e. The van der Waals surface area contributed by atoms with Crippen molar-refractivity contribution in [2.45, 2.75) is 348 Å². The second-order valence-electron chi connectivity index (χ2n) is 21.3. The van der Waals surface area contributed by atoms with Crippen molar-refractivity contribution in [3.63, 3.8) is 0 Å². The Morgan fingerprint density at radius 1 is 0.296 bits per heavy atom. The molecule has 71 heavy (non-hydrogen) atoms. The van der Waals surface area contributed by atoms with Crippen LogP contribution in [0.1, 0.15) is 342 Å². The zero-order valence-corrected chi connectivity index (χ0v) is 47.8. The van der Waals surface area contributed by atoms with E-state index in [0.29, 0.717) is 19.3 Å². The third-order valence-electron chi connectivity index (χ3n) is 14.2. The fraction of sp³-hybridized carbons (Fsp3) is 0.862. The number of allylic oxidation sites excluding steroid dienone is 6. The van der Waals surface area contributed by atoms with Gasteiger partial charge in [-0.2, -0.15) is 0 Å². The highest BCUT2D eigenvalue weighted by Crippen LogP contribution is 2.18. The molecule has 0 heterocycles. The van der Waals surface area contributed by atoms with Gasteiger partial charge in [-0.1, -0.05) is 308 Å². The van der Waals surface area contributed by atoms with Gasteiger partial charge in [-0.3, -0.25) is 14.4 Å².